The lowest BCUT2D eigenvalue weighted by molar-refractivity contribution is -0.118. The van der Waals surface area contributed by atoms with Crippen molar-refractivity contribution in [1.82, 2.24) is 0 Å². The highest BCUT2D eigenvalue weighted by atomic mass is 32.2. The second kappa shape index (κ2) is 10.1. The number of thiophene rings is 1. The number of ether oxygens (including phenoxy) is 2. The lowest BCUT2D eigenvalue weighted by Gasteiger charge is -2.13. The fourth-order valence-corrected chi connectivity index (χ4v) is 4.29. The molecule has 0 aliphatic carbocycles. The number of amides is 1. The van der Waals surface area contributed by atoms with E-state index < -0.39 is 0 Å². The Labute approximate surface area is 178 Å². The predicted molar refractivity (Wildman–Crippen MR) is 117 cm³/mol. The van der Waals surface area contributed by atoms with Crippen LogP contribution in [0, 0.1) is 0 Å². The quantitative estimate of drug-likeness (QED) is 0.372. The molecule has 1 heterocycles. The average molecular weight is 428 g/mol. The number of benzene rings is 2. The molecule has 3 rings (SSSR count). The number of Topliss-reactive ketones (excluding diaryl/α,β-unsaturated/α-hetero) is 1. The summed E-state index contributed by atoms with van der Waals surface area (Å²) in [7, 11) is 1.49. The molecule has 0 aliphatic heterocycles. The van der Waals surface area contributed by atoms with Crippen LogP contribution in [0.5, 0.6) is 11.5 Å². The number of carbonyl (C=O) groups excluding carboxylic acids is 2. The van der Waals surface area contributed by atoms with E-state index in [0.717, 1.165) is 16.3 Å². The Balaban J connectivity index is 1.61. The van der Waals surface area contributed by atoms with Gasteiger partial charge in [0.25, 0.3) is 5.91 Å². The van der Waals surface area contributed by atoms with E-state index in [1.54, 1.807) is 41.3 Å². The van der Waals surface area contributed by atoms with Crippen LogP contribution in [0.15, 0.2) is 64.2 Å². The molecular weight excluding hydrogens is 406 g/mol. The molecule has 5 nitrogen and oxygen atoms in total. The standard InChI is InChI=1S/C22H21NO4S2/c1-15(24)17-7-8-19(20(11-17)26-2)27-12-22(25)23-18-5-3-4-6-21(18)29-14-16-9-10-28-13-16/h3-11,13H,12,14H2,1-2H3,(H,23,25). The summed E-state index contributed by atoms with van der Waals surface area (Å²) in [5, 5.41) is 7.07. The minimum absolute atomic E-state index is 0.0656. The topological polar surface area (TPSA) is 64.6 Å². The van der Waals surface area contributed by atoms with Gasteiger partial charge in [0.1, 0.15) is 0 Å². The van der Waals surface area contributed by atoms with E-state index in [4.69, 9.17) is 9.47 Å². The van der Waals surface area contributed by atoms with Gasteiger partial charge in [-0.1, -0.05) is 12.1 Å². The van der Waals surface area contributed by atoms with Crippen molar-refractivity contribution in [1.29, 1.82) is 0 Å². The minimum atomic E-state index is -0.272. The molecule has 1 aromatic heterocycles. The third kappa shape index (κ3) is 5.85. The highest BCUT2D eigenvalue weighted by Gasteiger charge is 2.12. The van der Waals surface area contributed by atoms with Crippen molar-refractivity contribution >= 4 is 40.5 Å². The van der Waals surface area contributed by atoms with Gasteiger partial charge in [-0.05, 0) is 59.6 Å². The van der Waals surface area contributed by atoms with E-state index in [1.165, 1.54) is 19.6 Å². The van der Waals surface area contributed by atoms with Crippen molar-refractivity contribution in [3.05, 3.63) is 70.4 Å². The van der Waals surface area contributed by atoms with Gasteiger partial charge < -0.3 is 14.8 Å². The van der Waals surface area contributed by atoms with E-state index in [9.17, 15) is 9.59 Å². The number of hydrogen-bond acceptors (Lipinski definition) is 6. The van der Waals surface area contributed by atoms with Crippen molar-refractivity contribution in [3.63, 3.8) is 0 Å². The van der Waals surface area contributed by atoms with Crippen molar-refractivity contribution in [3.8, 4) is 11.5 Å². The van der Waals surface area contributed by atoms with Crippen LogP contribution < -0.4 is 14.8 Å². The van der Waals surface area contributed by atoms with E-state index in [1.807, 2.05) is 24.3 Å². The Kier molecular flexibility index (Phi) is 7.32. The molecule has 29 heavy (non-hydrogen) atoms. The van der Waals surface area contributed by atoms with E-state index >= 15 is 0 Å². The van der Waals surface area contributed by atoms with Gasteiger partial charge in [-0.3, -0.25) is 9.59 Å². The highest BCUT2D eigenvalue weighted by Crippen LogP contribution is 2.31. The van der Waals surface area contributed by atoms with Crippen LogP contribution in [-0.2, 0) is 10.5 Å². The lowest BCUT2D eigenvalue weighted by Crippen LogP contribution is -2.20. The second-order valence-electron chi connectivity index (χ2n) is 6.18. The fourth-order valence-electron chi connectivity index (χ4n) is 2.57. The van der Waals surface area contributed by atoms with Crippen molar-refractivity contribution in [2.45, 2.75) is 17.6 Å². The maximum Gasteiger partial charge on any atom is 0.262 e. The van der Waals surface area contributed by atoms with Crippen molar-refractivity contribution < 1.29 is 19.1 Å². The molecule has 7 heteroatoms. The highest BCUT2D eigenvalue weighted by molar-refractivity contribution is 7.98. The summed E-state index contributed by atoms with van der Waals surface area (Å²) in [6, 6.07) is 14.7. The summed E-state index contributed by atoms with van der Waals surface area (Å²) in [6.07, 6.45) is 0. The molecule has 0 aliphatic rings. The van der Waals surface area contributed by atoms with Gasteiger partial charge >= 0.3 is 0 Å². The molecule has 0 unspecified atom stereocenters. The zero-order chi connectivity index (χ0) is 20.6. The number of thioether (sulfide) groups is 1. The van der Waals surface area contributed by atoms with Crippen LogP contribution in [0.4, 0.5) is 5.69 Å². The number of methoxy groups -OCH3 is 1. The molecule has 0 fully saturated rings. The zero-order valence-corrected chi connectivity index (χ0v) is 17.8. The largest absolute Gasteiger partial charge is 0.493 e. The SMILES string of the molecule is COc1cc(C(C)=O)ccc1OCC(=O)Nc1ccccc1SCc1ccsc1. The molecule has 0 atom stereocenters. The Morgan fingerprint density at radius 3 is 2.66 bits per heavy atom. The molecule has 0 bridgehead atoms. The average Bonchev–Trinajstić information content (AvgIpc) is 3.25. The second-order valence-corrected chi connectivity index (χ2v) is 7.97. The molecule has 1 N–H and O–H groups in total. The summed E-state index contributed by atoms with van der Waals surface area (Å²) in [4.78, 5) is 24.9. The van der Waals surface area contributed by atoms with E-state index in [-0.39, 0.29) is 18.3 Å². The van der Waals surface area contributed by atoms with Crippen LogP contribution in [0.25, 0.3) is 0 Å². The first-order chi connectivity index (χ1) is 14.1. The third-order valence-electron chi connectivity index (χ3n) is 4.06. The summed E-state index contributed by atoms with van der Waals surface area (Å²) in [5.41, 5.74) is 2.53. The summed E-state index contributed by atoms with van der Waals surface area (Å²) < 4.78 is 10.9. The maximum absolute atomic E-state index is 12.4. The van der Waals surface area contributed by atoms with Crippen LogP contribution in [-0.4, -0.2) is 25.4 Å². The molecule has 3 aromatic rings. The van der Waals surface area contributed by atoms with Crippen LogP contribution in [0.1, 0.15) is 22.8 Å². The number of carbonyl (C=O) groups is 2. The Bertz CT molecular complexity index is 986. The Morgan fingerprint density at radius 2 is 1.93 bits per heavy atom. The van der Waals surface area contributed by atoms with Crippen LogP contribution in [0.2, 0.25) is 0 Å². The maximum atomic E-state index is 12.4. The van der Waals surface area contributed by atoms with Gasteiger partial charge in [0.2, 0.25) is 0 Å². The molecule has 0 spiro atoms. The minimum Gasteiger partial charge on any atom is -0.493 e. The van der Waals surface area contributed by atoms with Crippen LogP contribution >= 0.6 is 23.1 Å². The first-order valence-corrected chi connectivity index (χ1v) is 10.8. The number of ketones is 1. The van der Waals surface area contributed by atoms with Crippen LogP contribution in [0.3, 0.4) is 0 Å². The first-order valence-electron chi connectivity index (χ1n) is 8.91. The van der Waals surface area contributed by atoms with Crippen molar-refractivity contribution in [2.75, 3.05) is 19.0 Å². The number of nitrogens with one attached hydrogen (secondary N) is 1. The smallest absolute Gasteiger partial charge is 0.262 e. The molecule has 0 saturated heterocycles. The molecule has 2 aromatic carbocycles. The predicted octanol–water partition coefficient (Wildman–Crippen LogP) is 5.27. The third-order valence-corrected chi connectivity index (χ3v) is 5.94. The monoisotopic (exact) mass is 427 g/mol. The summed E-state index contributed by atoms with van der Waals surface area (Å²) in [5.74, 6) is 1.33. The van der Waals surface area contributed by atoms with E-state index in [0.29, 0.717) is 17.1 Å². The normalized spacial score (nSPS) is 10.4. The molecule has 0 saturated carbocycles. The van der Waals surface area contributed by atoms with E-state index in [2.05, 4.69) is 22.1 Å². The van der Waals surface area contributed by atoms with Gasteiger partial charge in [-0.15, -0.1) is 11.8 Å². The molecule has 1 amide bonds. The number of rotatable bonds is 9. The Morgan fingerprint density at radius 1 is 1.10 bits per heavy atom. The Hall–Kier alpha value is -2.77. The molecular formula is C22H21NO4S2. The summed E-state index contributed by atoms with van der Waals surface area (Å²) >= 11 is 3.34. The van der Waals surface area contributed by atoms with Gasteiger partial charge in [-0.2, -0.15) is 11.3 Å². The lowest BCUT2D eigenvalue weighted by atomic mass is 10.1. The zero-order valence-electron chi connectivity index (χ0n) is 16.1. The number of para-hydroxylation sites is 1. The van der Waals surface area contributed by atoms with Gasteiger partial charge in [0, 0.05) is 16.2 Å². The number of hydrogen-bond donors (Lipinski definition) is 1. The first kappa shape index (κ1) is 21.0. The number of anilines is 1. The fraction of sp³-hybridized carbons (Fsp3) is 0.182. The summed E-state index contributed by atoms with van der Waals surface area (Å²) in [6.45, 7) is 1.32. The molecule has 150 valence electrons. The van der Waals surface area contributed by atoms with Crippen molar-refractivity contribution in [2.24, 2.45) is 0 Å². The van der Waals surface area contributed by atoms with Gasteiger partial charge in [0.05, 0.1) is 12.8 Å². The molecule has 0 radical (unpaired) electrons. The van der Waals surface area contributed by atoms with Gasteiger partial charge in [-0.25, -0.2) is 0 Å². The van der Waals surface area contributed by atoms with Gasteiger partial charge in [0.15, 0.2) is 23.9 Å².